The molecule has 0 aliphatic carbocycles. The van der Waals surface area contributed by atoms with E-state index in [-0.39, 0.29) is 0 Å². The Kier molecular flexibility index (Phi) is 8.64. The van der Waals surface area contributed by atoms with Crippen molar-refractivity contribution >= 4 is 11.2 Å². The zero-order valence-corrected chi connectivity index (χ0v) is 28.6. The standard InChI is InChI=1S/C43H37N7O/c1-3-15-39-44-38-28-29-40(51-2)45-42(38)49(39)30-31-24-26-32(27-25-31)36-22-13-14-23-37(36)41-46-47-48-50(41)43(33-16-7-4-8-17-33,34-18-9-5-10-19-34)35-20-11-6-12-21-35/h4-14,16-29H,3,15,30H2,1-2H3. The minimum atomic E-state index is -0.847. The van der Waals surface area contributed by atoms with Crippen molar-refractivity contribution in [1.82, 2.24) is 34.7 Å². The molecule has 3 aromatic heterocycles. The van der Waals surface area contributed by atoms with Crippen LogP contribution in [-0.2, 0) is 18.5 Å². The van der Waals surface area contributed by atoms with Crippen LogP contribution in [0.2, 0.25) is 0 Å². The second-order valence-corrected chi connectivity index (χ2v) is 12.5. The van der Waals surface area contributed by atoms with Gasteiger partial charge in [-0.3, -0.25) is 0 Å². The number of hydrogen-bond acceptors (Lipinski definition) is 6. The molecule has 0 N–H and O–H groups in total. The smallest absolute Gasteiger partial charge is 0.215 e. The summed E-state index contributed by atoms with van der Waals surface area (Å²) in [5.74, 6) is 2.27. The van der Waals surface area contributed by atoms with Crippen molar-refractivity contribution in [2.24, 2.45) is 0 Å². The third kappa shape index (κ3) is 5.74. The Hall–Kier alpha value is -6.41. The van der Waals surface area contributed by atoms with Gasteiger partial charge >= 0.3 is 0 Å². The number of tetrazole rings is 1. The van der Waals surface area contributed by atoms with Crippen molar-refractivity contribution < 1.29 is 4.74 Å². The summed E-state index contributed by atoms with van der Waals surface area (Å²) in [5, 5.41) is 13.8. The van der Waals surface area contributed by atoms with Crippen molar-refractivity contribution in [3.8, 4) is 28.4 Å². The van der Waals surface area contributed by atoms with Crippen molar-refractivity contribution in [3.63, 3.8) is 0 Å². The van der Waals surface area contributed by atoms with Gasteiger partial charge in [0.15, 0.2) is 11.5 Å². The van der Waals surface area contributed by atoms with E-state index in [1.807, 2.05) is 41.1 Å². The van der Waals surface area contributed by atoms with Gasteiger partial charge in [0, 0.05) is 18.1 Å². The van der Waals surface area contributed by atoms with Gasteiger partial charge in [0.2, 0.25) is 5.88 Å². The highest BCUT2D eigenvalue weighted by Crippen LogP contribution is 2.43. The Balaban J connectivity index is 1.23. The van der Waals surface area contributed by atoms with E-state index < -0.39 is 5.54 Å². The molecule has 0 unspecified atom stereocenters. The summed E-state index contributed by atoms with van der Waals surface area (Å²) < 4.78 is 9.63. The molecular weight excluding hydrogens is 631 g/mol. The average molecular weight is 668 g/mol. The zero-order valence-electron chi connectivity index (χ0n) is 28.6. The molecule has 8 rings (SSSR count). The third-order valence-corrected chi connectivity index (χ3v) is 9.46. The summed E-state index contributed by atoms with van der Waals surface area (Å²) >= 11 is 0. The molecule has 0 radical (unpaired) electrons. The molecule has 8 aromatic rings. The van der Waals surface area contributed by atoms with E-state index in [0.717, 1.165) is 68.8 Å². The van der Waals surface area contributed by atoms with Gasteiger partial charge in [-0.25, -0.2) is 9.67 Å². The number of nitrogens with zero attached hydrogens (tertiary/aromatic N) is 7. The second kappa shape index (κ2) is 13.8. The fourth-order valence-electron chi connectivity index (χ4n) is 7.11. The molecule has 3 heterocycles. The molecule has 51 heavy (non-hydrogen) atoms. The predicted molar refractivity (Wildman–Crippen MR) is 200 cm³/mol. The molecule has 0 spiro atoms. The summed E-state index contributed by atoms with van der Waals surface area (Å²) in [7, 11) is 1.64. The van der Waals surface area contributed by atoms with Crippen LogP contribution in [0.3, 0.4) is 0 Å². The largest absolute Gasteiger partial charge is 0.481 e. The molecule has 0 aliphatic heterocycles. The molecule has 0 atom stereocenters. The van der Waals surface area contributed by atoms with Crippen molar-refractivity contribution in [1.29, 1.82) is 0 Å². The highest BCUT2D eigenvalue weighted by molar-refractivity contribution is 5.81. The number of fused-ring (bicyclic) bond motifs is 1. The Morgan fingerprint density at radius 2 is 1.22 bits per heavy atom. The number of aromatic nitrogens is 7. The van der Waals surface area contributed by atoms with Crippen LogP contribution in [0.25, 0.3) is 33.7 Å². The summed E-state index contributed by atoms with van der Waals surface area (Å²) in [6.07, 6.45) is 1.87. The number of methoxy groups -OCH3 is 1. The van der Waals surface area contributed by atoms with Crippen LogP contribution >= 0.6 is 0 Å². The number of ether oxygens (including phenoxy) is 1. The lowest BCUT2D eigenvalue weighted by atomic mass is 9.77. The first-order valence-corrected chi connectivity index (χ1v) is 17.2. The maximum absolute atomic E-state index is 5.44. The fourth-order valence-corrected chi connectivity index (χ4v) is 7.11. The number of aryl methyl sites for hydroxylation is 1. The minimum Gasteiger partial charge on any atom is -0.481 e. The van der Waals surface area contributed by atoms with Crippen molar-refractivity contribution in [2.75, 3.05) is 7.11 Å². The Bertz CT molecular complexity index is 2290. The molecule has 0 fully saturated rings. The molecule has 0 bridgehead atoms. The zero-order chi connectivity index (χ0) is 34.6. The SMILES string of the molecule is CCCc1nc2ccc(OC)nc2n1Cc1ccc(-c2ccccc2-c2nnnn2C(c2ccccc2)(c2ccccc2)c2ccccc2)cc1. The number of pyridine rings is 1. The van der Waals surface area contributed by atoms with Crippen LogP contribution < -0.4 is 4.74 Å². The number of hydrogen-bond donors (Lipinski definition) is 0. The molecule has 8 heteroatoms. The van der Waals surface area contributed by atoms with E-state index in [4.69, 9.17) is 25.0 Å². The molecule has 0 saturated carbocycles. The average Bonchev–Trinajstić information content (AvgIpc) is 3.82. The molecular formula is C43H37N7O. The van der Waals surface area contributed by atoms with E-state index in [1.54, 1.807) is 7.11 Å². The maximum Gasteiger partial charge on any atom is 0.215 e. The Morgan fingerprint density at radius 1 is 0.627 bits per heavy atom. The van der Waals surface area contributed by atoms with Gasteiger partial charge in [-0.1, -0.05) is 146 Å². The van der Waals surface area contributed by atoms with Gasteiger partial charge in [0.25, 0.3) is 0 Å². The molecule has 0 saturated heterocycles. The quantitative estimate of drug-likeness (QED) is 0.129. The van der Waals surface area contributed by atoms with Gasteiger partial charge in [-0.05, 0) is 56.3 Å². The lowest BCUT2D eigenvalue weighted by molar-refractivity contribution is 0.399. The maximum atomic E-state index is 5.44. The second-order valence-electron chi connectivity index (χ2n) is 12.5. The van der Waals surface area contributed by atoms with Crippen LogP contribution in [0.5, 0.6) is 5.88 Å². The van der Waals surface area contributed by atoms with Gasteiger partial charge < -0.3 is 9.30 Å². The van der Waals surface area contributed by atoms with Gasteiger partial charge in [0.05, 0.1) is 13.7 Å². The molecule has 0 amide bonds. The van der Waals surface area contributed by atoms with E-state index in [9.17, 15) is 0 Å². The summed E-state index contributed by atoms with van der Waals surface area (Å²) in [6, 6.07) is 52.3. The van der Waals surface area contributed by atoms with E-state index in [1.165, 1.54) is 0 Å². The van der Waals surface area contributed by atoms with E-state index >= 15 is 0 Å². The molecule has 8 nitrogen and oxygen atoms in total. The highest BCUT2D eigenvalue weighted by Gasteiger charge is 2.42. The monoisotopic (exact) mass is 667 g/mol. The number of benzene rings is 5. The molecule has 0 aliphatic rings. The topological polar surface area (TPSA) is 83.5 Å². The molecule has 5 aromatic carbocycles. The van der Waals surface area contributed by atoms with Crippen molar-refractivity contribution in [3.05, 3.63) is 180 Å². The summed E-state index contributed by atoms with van der Waals surface area (Å²) in [6.45, 7) is 2.82. The van der Waals surface area contributed by atoms with Crippen LogP contribution in [0.15, 0.2) is 152 Å². The van der Waals surface area contributed by atoms with Crippen LogP contribution in [0.1, 0.15) is 41.4 Å². The van der Waals surface area contributed by atoms with E-state index in [2.05, 4.69) is 132 Å². The Morgan fingerprint density at radius 3 is 1.80 bits per heavy atom. The first-order valence-electron chi connectivity index (χ1n) is 17.2. The lowest BCUT2D eigenvalue weighted by Gasteiger charge is -2.36. The van der Waals surface area contributed by atoms with Gasteiger partial charge in [0.1, 0.15) is 16.9 Å². The predicted octanol–water partition coefficient (Wildman–Crippen LogP) is 8.60. The first kappa shape index (κ1) is 31.8. The number of rotatable bonds is 11. The first-order chi connectivity index (χ1) is 25.2. The van der Waals surface area contributed by atoms with Gasteiger partial charge in [-0.15, -0.1) is 5.10 Å². The Labute approximate surface area is 297 Å². The molecule has 250 valence electrons. The summed E-state index contributed by atoms with van der Waals surface area (Å²) in [4.78, 5) is 9.65. The minimum absolute atomic E-state index is 0.580. The summed E-state index contributed by atoms with van der Waals surface area (Å²) in [5.41, 5.74) is 8.21. The number of imidazole rings is 1. The van der Waals surface area contributed by atoms with Crippen LogP contribution in [0.4, 0.5) is 0 Å². The van der Waals surface area contributed by atoms with Gasteiger partial charge in [-0.2, -0.15) is 4.98 Å². The normalized spacial score (nSPS) is 11.6. The fraction of sp³-hybridized carbons (Fsp3) is 0.140. The third-order valence-electron chi connectivity index (χ3n) is 9.46. The van der Waals surface area contributed by atoms with Crippen LogP contribution in [0, 0.1) is 0 Å². The van der Waals surface area contributed by atoms with E-state index in [0.29, 0.717) is 18.2 Å². The van der Waals surface area contributed by atoms with Crippen LogP contribution in [-0.4, -0.2) is 41.9 Å². The highest BCUT2D eigenvalue weighted by atomic mass is 16.5. The van der Waals surface area contributed by atoms with Crippen molar-refractivity contribution in [2.45, 2.75) is 31.8 Å². The lowest BCUT2D eigenvalue weighted by Crippen LogP contribution is -2.39.